The highest BCUT2D eigenvalue weighted by Crippen LogP contribution is 1.93. The molecule has 0 bridgehead atoms. The van der Waals surface area contributed by atoms with Crippen LogP contribution in [0.25, 0.3) is 0 Å². The van der Waals surface area contributed by atoms with Gasteiger partial charge in [-0.05, 0) is 6.54 Å². The maximum atomic E-state index is 3.91. The average Bonchev–Trinajstić information content (AvgIpc) is 2.05. The maximum Gasteiger partial charge on any atom is 0.0726 e. The second kappa shape index (κ2) is 3.91. The van der Waals surface area contributed by atoms with E-state index in [-0.39, 0.29) is 0 Å². The standard InChI is InChI=1S/C7H16N3/c1-3-10(2)7-6-8-4-5-9-7/h7-9H,2-6H2,1H3. The molecule has 0 aromatic rings. The number of rotatable bonds is 2. The van der Waals surface area contributed by atoms with Crippen LogP contribution >= 0.6 is 0 Å². The van der Waals surface area contributed by atoms with Crippen molar-refractivity contribution in [2.45, 2.75) is 13.1 Å². The van der Waals surface area contributed by atoms with Crippen LogP contribution in [-0.2, 0) is 0 Å². The number of nitrogens with one attached hydrogen (secondary N) is 2. The van der Waals surface area contributed by atoms with Gasteiger partial charge in [0.1, 0.15) is 0 Å². The Hall–Kier alpha value is -0.120. The molecule has 1 aliphatic rings. The number of likely N-dealkylation sites (N-methyl/N-ethyl adjacent to an activating group) is 1. The van der Waals surface area contributed by atoms with Crippen LogP contribution in [0, 0.1) is 7.05 Å². The molecule has 1 rings (SSSR count). The molecule has 2 N–H and O–H groups in total. The van der Waals surface area contributed by atoms with Gasteiger partial charge in [-0.2, -0.15) is 0 Å². The van der Waals surface area contributed by atoms with Gasteiger partial charge in [-0.3, -0.25) is 10.2 Å². The predicted molar refractivity (Wildman–Crippen MR) is 42.4 cm³/mol. The fraction of sp³-hybridized carbons (Fsp3) is 0.857. The van der Waals surface area contributed by atoms with Crippen molar-refractivity contribution in [1.82, 2.24) is 15.5 Å². The monoisotopic (exact) mass is 142 g/mol. The second-order valence-electron chi connectivity index (χ2n) is 2.58. The first-order chi connectivity index (χ1) is 4.84. The zero-order valence-electron chi connectivity index (χ0n) is 6.56. The maximum absolute atomic E-state index is 3.91. The van der Waals surface area contributed by atoms with Gasteiger partial charge in [0, 0.05) is 26.7 Å². The molecule has 0 aromatic carbocycles. The summed E-state index contributed by atoms with van der Waals surface area (Å²) in [6.07, 6.45) is 0.429. The van der Waals surface area contributed by atoms with Gasteiger partial charge in [0.15, 0.2) is 0 Å². The van der Waals surface area contributed by atoms with Gasteiger partial charge in [0.05, 0.1) is 6.17 Å². The smallest absolute Gasteiger partial charge is 0.0726 e. The highest BCUT2D eigenvalue weighted by molar-refractivity contribution is 4.75. The summed E-state index contributed by atoms with van der Waals surface area (Å²) in [5.74, 6) is 0. The zero-order chi connectivity index (χ0) is 7.40. The Morgan fingerprint density at radius 3 is 2.90 bits per heavy atom. The Morgan fingerprint density at radius 2 is 2.40 bits per heavy atom. The van der Waals surface area contributed by atoms with Crippen LogP contribution in [0.4, 0.5) is 0 Å². The van der Waals surface area contributed by atoms with E-state index in [0.717, 1.165) is 26.2 Å². The van der Waals surface area contributed by atoms with Crippen molar-refractivity contribution in [2.75, 3.05) is 26.2 Å². The lowest BCUT2D eigenvalue weighted by Gasteiger charge is -2.31. The summed E-state index contributed by atoms with van der Waals surface area (Å²) in [6, 6.07) is 0. The summed E-state index contributed by atoms with van der Waals surface area (Å²) in [5, 5.41) is 6.68. The number of hydrogen-bond donors (Lipinski definition) is 2. The SMILES string of the molecule is [CH2]N(CC)C1CNCCN1. The molecule has 1 unspecified atom stereocenters. The van der Waals surface area contributed by atoms with E-state index >= 15 is 0 Å². The highest BCUT2D eigenvalue weighted by atomic mass is 15.3. The average molecular weight is 142 g/mol. The molecule has 0 aliphatic carbocycles. The van der Waals surface area contributed by atoms with E-state index in [1.54, 1.807) is 0 Å². The quantitative estimate of drug-likeness (QED) is 0.550. The molecular weight excluding hydrogens is 126 g/mol. The molecule has 0 saturated carbocycles. The minimum atomic E-state index is 0.429. The zero-order valence-corrected chi connectivity index (χ0v) is 6.56. The van der Waals surface area contributed by atoms with E-state index in [1.165, 1.54) is 0 Å². The Bertz CT molecular complexity index is 88.9. The molecule has 1 aliphatic heterocycles. The lowest BCUT2D eigenvalue weighted by molar-refractivity contribution is 0.212. The minimum Gasteiger partial charge on any atom is -0.313 e. The van der Waals surface area contributed by atoms with Crippen LogP contribution in [-0.4, -0.2) is 37.2 Å². The molecular formula is C7H16N3. The van der Waals surface area contributed by atoms with E-state index in [0.29, 0.717) is 6.17 Å². The van der Waals surface area contributed by atoms with Crippen molar-refractivity contribution in [3.8, 4) is 0 Å². The summed E-state index contributed by atoms with van der Waals surface area (Å²) < 4.78 is 0. The van der Waals surface area contributed by atoms with Gasteiger partial charge < -0.3 is 5.32 Å². The Morgan fingerprint density at radius 1 is 1.60 bits per heavy atom. The first kappa shape index (κ1) is 7.98. The van der Waals surface area contributed by atoms with Gasteiger partial charge in [0.25, 0.3) is 0 Å². The van der Waals surface area contributed by atoms with Crippen LogP contribution in [0.1, 0.15) is 6.92 Å². The van der Waals surface area contributed by atoms with Crippen molar-refractivity contribution in [3.05, 3.63) is 7.05 Å². The van der Waals surface area contributed by atoms with Crippen LogP contribution in [0.15, 0.2) is 0 Å². The normalized spacial score (nSPS) is 27.3. The van der Waals surface area contributed by atoms with Crippen LogP contribution in [0.2, 0.25) is 0 Å². The molecule has 1 atom stereocenters. The van der Waals surface area contributed by atoms with E-state index in [4.69, 9.17) is 0 Å². The number of hydrogen-bond acceptors (Lipinski definition) is 3. The van der Waals surface area contributed by atoms with Gasteiger partial charge in [0.2, 0.25) is 0 Å². The molecule has 10 heavy (non-hydrogen) atoms. The summed E-state index contributed by atoms with van der Waals surface area (Å²) in [5.41, 5.74) is 0. The molecule has 0 spiro atoms. The minimum absolute atomic E-state index is 0.429. The van der Waals surface area contributed by atoms with Gasteiger partial charge >= 0.3 is 0 Å². The number of piperazine rings is 1. The molecule has 0 amide bonds. The molecule has 1 fully saturated rings. The Balaban J connectivity index is 2.24. The van der Waals surface area contributed by atoms with Crippen LogP contribution < -0.4 is 10.6 Å². The Labute approximate surface area is 62.8 Å². The lowest BCUT2D eigenvalue weighted by Crippen LogP contribution is -2.55. The topological polar surface area (TPSA) is 27.3 Å². The van der Waals surface area contributed by atoms with Gasteiger partial charge in [-0.25, -0.2) is 0 Å². The second-order valence-corrected chi connectivity index (χ2v) is 2.58. The van der Waals surface area contributed by atoms with Crippen molar-refractivity contribution < 1.29 is 0 Å². The third-order valence-corrected chi connectivity index (χ3v) is 1.87. The molecule has 1 radical (unpaired) electrons. The first-order valence-electron chi connectivity index (χ1n) is 3.86. The van der Waals surface area contributed by atoms with Crippen LogP contribution in [0.3, 0.4) is 0 Å². The van der Waals surface area contributed by atoms with Crippen molar-refractivity contribution >= 4 is 0 Å². The Kier molecular flexibility index (Phi) is 3.12. The summed E-state index contributed by atoms with van der Waals surface area (Å²) in [6.45, 7) is 6.25. The first-order valence-corrected chi connectivity index (χ1v) is 3.86. The van der Waals surface area contributed by atoms with Crippen molar-refractivity contribution in [3.63, 3.8) is 0 Å². The highest BCUT2D eigenvalue weighted by Gasteiger charge is 2.14. The van der Waals surface area contributed by atoms with Gasteiger partial charge in [-0.15, -0.1) is 0 Å². The largest absolute Gasteiger partial charge is 0.313 e. The third-order valence-electron chi connectivity index (χ3n) is 1.87. The van der Waals surface area contributed by atoms with Crippen LogP contribution in [0.5, 0.6) is 0 Å². The fourth-order valence-electron chi connectivity index (χ4n) is 1.12. The van der Waals surface area contributed by atoms with E-state index < -0.39 is 0 Å². The van der Waals surface area contributed by atoms with E-state index in [9.17, 15) is 0 Å². The molecule has 59 valence electrons. The predicted octanol–water partition coefficient (Wildman–Crippen LogP) is -0.381. The molecule has 0 aromatic heterocycles. The molecule has 3 heteroatoms. The molecule has 1 heterocycles. The van der Waals surface area contributed by atoms with Gasteiger partial charge in [-0.1, -0.05) is 6.92 Å². The van der Waals surface area contributed by atoms with Crippen molar-refractivity contribution in [1.29, 1.82) is 0 Å². The summed E-state index contributed by atoms with van der Waals surface area (Å²) >= 11 is 0. The fourth-order valence-corrected chi connectivity index (χ4v) is 1.12. The third kappa shape index (κ3) is 1.94. The number of nitrogens with zero attached hydrogens (tertiary/aromatic N) is 1. The molecule has 3 nitrogen and oxygen atoms in total. The van der Waals surface area contributed by atoms with E-state index in [1.807, 2.05) is 0 Å². The summed E-state index contributed by atoms with van der Waals surface area (Å²) in [7, 11) is 3.91. The van der Waals surface area contributed by atoms with Crippen molar-refractivity contribution in [2.24, 2.45) is 0 Å². The van der Waals surface area contributed by atoms with E-state index in [2.05, 4.69) is 29.5 Å². The molecule has 1 saturated heterocycles. The summed E-state index contributed by atoms with van der Waals surface area (Å²) in [4.78, 5) is 2.06. The lowest BCUT2D eigenvalue weighted by atomic mass is 10.3.